The van der Waals surface area contributed by atoms with Crippen LogP contribution in [0.15, 0.2) is 30.3 Å². The molecule has 3 nitrogen and oxygen atoms in total. The quantitative estimate of drug-likeness (QED) is 0.487. The van der Waals surface area contributed by atoms with Gasteiger partial charge in [0.2, 0.25) is 0 Å². The van der Waals surface area contributed by atoms with Crippen molar-refractivity contribution < 1.29 is 10.0 Å². The lowest BCUT2D eigenvalue weighted by molar-refractivity contribution is 0.401. The average Bonchev–Trinajstić information content (AvgIpc) is 2.25. The Hall–Kier alpha value is -0.835. The molecule has 0 aromatic heterocycles. The summed E-state index contributed by atoms with van der Waals surface area (Å²) in [5.41, 5.74) is 7.13. The first-order valence-corrected chi connectivity index (χ1v) is 5.37. The third kappa shape index (κ3) is 4.97. The molecule has 0 bridgehead atoms. The molecule has 0 fully saturated rings. The van der Waals surface area contributed by atoms with Crippen molar-refractivity contribution in [2.24, 2.45) is 5.73 Å². The Morgan fingerprint density at radius 1 is 1.13 bits per heavy atom. The van der Waals surface area contributed by atoms with E-state index in [1.54, 1.807) is 0 Å². The molecule has 0 radical (unpaired) electrons. The Morgan fingerprint density at radius 3 is 2.40 bits per heavy atom. The van der Waals surface area contributed by atoms with E-state index in [0.717, 1.165) is 24.8 Å². The van der Waals surface area contributed by atoms with Crippen LogP contribution in [0.5, 0.6) is 0 Å². The van der Waals surface area contributed by atoms with Crippen LogP contribution in [-0.2, 0) is 0 Å². The summed E-state index contributed by atoms with van der Waals surface area (Å²) >= 11 is 0. The molecule has 0 heterocycles. The SMILES string of the molecule is NC(CCCCB(O)O)c1ccccc1. The molecule has 1 atom stereocenters. The van der Waals surface area contributed by atoms with Crippen molar-refractivity contribution in [3.63, 3.8) is 0 Å². The number of hydrogen-bond donors (Lipinski definition) is 3. The first-order chi connectivity index (χ1) is 7.20. The van der Waals surface area contributed by atoms with E-state index in [1.165, 1.54) is 0 Å². The number of benzene rings is 1. The largest absolute Gasteiger partial charge is 0.451 e. The molecular formula is C11H18BNO2. The van der Waals surface area contributed by atoms with Crippen molar-refractivity contribution in [2.75, 3.05) is 0 Å². The monoisotopic (exact) mass is 207 g/mol. The van der Waals surface area contributed by atoms with Gasteiger partial charge in [0, 0.05) is 6.04 Å². The summed E-state index contributed by atoms with van der Waals surface area (Å²) in [5.74, 6) is 0. The minimum absolute atomic E-state index is 0.0574. The van der Waals surface area contributed by atoms with Crippen LogP contribution >= 0.6 is 0 Å². The third-order valence-electron chi connectivity index (χ3n) is 2.46. The second kappa shape index (κ2) is 6.61. The van der Waals surface area contributed by atoms with Gasteiger partial charge in [0.25, 0.3) is 0 Å². The molecule has 4 N–H and O–H groups in total. The van der Waals surface area contributed by atoms with Crippen LogP contribution in [-0.4, -0.2) is 17.2 Å². The average molecular weight is 207 g/mol. The van der Waals surface area contributed by atoms with Crippen molar-refractivity contribution in [3.05, 3.63) is 35.9 Å². The van der Waals surface area contributed by atoms with Crippen molar-refractivity contribution in [1.29, 1.82) is 0 Å². The molecule has 1 rings (SSSR count). The van der Waals surface area contributed by atoms with Crippen molar-refractivity contribution >= 4 is 7.12 Å². The van der Waals surface area contributed by atoms with Crippen LogP contribution in [0.25, 0.3) is 0 Å². The summed E-state index contributed by atoms with van der Waals surface area (Å²) in [6, 6.07) is 10.0. The summed E-state index contributed by atoms with van der Waals surface area (Å²) in [5, 5.41) is 17.3. The van der Waals surface area contributed by atoms with Gasteiger partial charge < -0.3 is 15.8 Å². The van der Waals surface area contributed by atoms with Crippen molar-refractivity contribution in [1.82, 2.24) is 0 Å². The molecule has 0 amide bonds. The van der Waals surface area contributed by atoms with Crippen LogP contribution in [0.3, 0.4) is 0 Å². The number of hydrogen-bond acceptors (Lipinski definition) is 3. The molecule has 15 heavy (non-hydrogen) atoms. The summed E-state index contributed by atoms with van der Waals surface area (Å²) in [7, 11) is -1.18. The van der Waals surface area contributed by atoms with Gasteiger partial charge in [-0.25, -0.2) is 0 Å². The number of rotatable bonds is 6. The first-order valence-electron chi connectivity index (χ1n) is 5.37. The third-order valence-corrected chi connectivity index (χ3v) is 2.46. The molecule has 0 aliphatic carbocycles. The Kier molecular flexibility index (Phi) is 5.39. The van der Waals surface area contributed by atoms with E-state index in [0.29, 0.717) is 6.32 Å². The first kappa shape index (κ1) is 12.2. The van der Waals surface area contributed by atoms with Crippen LogP contribution in [0, 0.1) is 0 Å². The predicted molar refractivity (Wildman–Crippen MR) is 62.2 cm³/mol. The van der Waals surface area contributed by atoms with Gasteiger partial charge >= 0.3 is 7.12 Å². The molecule has 0 saturated carbocycles. The molecule has 1 aromatic rings. The molecule has 0 spiro atoms. The number of unbranched alkanes of at least 4 members (excludes halogenated alkanes) is 1. The second-order valence-electron chi connectivity index (χ2n) is 3.78. The molecular weight excluding hydrogens is 189 g/mol. The summed E-state index contributed by atoms with van der Waals surface area (Å²) in [6.45, 7) is 0. The van der Waals surface area contributed by atoms with Gasteiger partial charge in [-0.1, -0.05) is 43.2 Å². The van der Waals surface area contributed by atoms with Gasteiger partial charge in [-0.15, -0.1) is 0 Å². The van der Waals surface area contributed by atoms with Crippen LogP contribution in [0.2, 0.25) is 6.32 Å². The zero-order valence-electron chi connectivity index (χ0n) is 8.84. The van der Waals surface area contributed by atoms with Crippen LogP contribution in [0.1, 0.15) is 30.9 Å². The molecule has 1 aromatic carbocycles. The highest BCUT2D eigenvalue weighted by atomic mass is 16.4. The highest BCUT2D eigenvalue weighted by molar-refractivity contribution is 6.40. The lowest BCUT2D eigenvalue weighted by atomic mass is 9.83. The molecule has 0 aliphatic rings. The molecule has 0 saturated heterocycles. The van der Waals surface area contributed by atoms with E-state index in [1.807, 2.05) is 30.3 Å². The Morgan fingerprint density at radius 2 is 1.80 bits per heavy atom. The van der Waals surface area contributed by atoms with Gasteiger partial charge in [-0.2, -0.15) is 0 Å². The minimum Gasteiger partial charge on any atom is -0.427 e. The Balaban J connectivity index is 2.22. The van der Waals surface area contributed by atoms with E-state index in [2.05, 4.69) is 0 Å². The van der Waals surface area contributed by atoms with E-state index < -0.39 is 7.12 Å². The fourth-order valence-electron chi connectivity index (χ4n) is 1.56. The summed E-state index contributed by atoms with van der Waals surface area (Å²) in [4.78, 5) is 0. The molecule has 1 unspecified atom stereocenters. The maximum atomic E-state index is 8.66. The van der Waals surface area contributed by atoms with Gasteiger partial charge in [0.15, 0.2) is 0 Å². The number of nitrogens with two attached hydrogens (primary N) is 1. The van der Waals surface area contributed by atoms with Crippen molar-refractivity contribution in [3.8, 4) is 0 Å². The Bertz CT molecular complexity index is 267. The summed E-state index contributed by atoms with van der Waals surface area (Å²) in [6.07, 6.45) is 3.05. The highest BCUT2D eigenvalue weighted by Gasteiger charge is 2.08. The topological polar surface area (TPSA) is 66.5 Å². The zero-order valence-corrected chi connectivity index (χ0v) is 8.84. The minimum atomic E-state index is -1.18. The zero-order chi connectivity index (χ0) is 11.1. The van der Waals surface area contributed by atoms with Gasteiger partial charge in [-0.05, 0) is 18.3 Å². The smallest absolute Gasteiger partial charge is 0.427 e. The van der Waals surface area contributed by atoms with Gasteiger partial charge in [0.05, 0.1) is 0 Å². The summed E-state index contributed by atoms with van der Waals surface area (Å²) < 4.78 is 0. The maximum Gasteiger partial charge on any atom is 0.451 e. The van der Waals surface area contributed by atoms with Crippen LogP contribution in [0.4, 0.5) is 0 Å². The maximum absolute atomic E-state index is 8.66. The molecule has 82 valence electrons. The predicted octanol–water partition coefficient (Wildman–Crippen LogP) is 1.33. The standard InChI is InChI=1S/C11H18BNO2/c13-11(8-4-5-9-12(14)15)10-6-2-1-3-7-10/h1-3,6-7,11,14-15H,4-5,8-9,13H2. The normalized spacial score (nSPS) is 12.5. The lowest BCUT2D eigenvalue weighted by Gasteiger charge is -2.11. The molecule has 4 heteroatoms. The highest BCUT2D eigenvalue weighted by Crippen LogP contribution is 2.16. The molecule has 0 aliphatic heterocycles. The van der Waals surface area contributed by atoms with E-state index >= 15 is 0 Å². The van der Waals surface area contributed by atoms with E-state index in [4.69, 9.17) is 15.8 Å². The van der Waals surface area contributed by atoms with Gasteiger partial charge in [0.1, 0.15) is 0 Å². The Labute approximate surface area is 91.1 Å². The lowest BCUT2D eigenvalue weighted by Crippen LogP contribution is -2.12. The van der Waals surface area contributed by atoms with E-state index in [9.17, 15) is 0 Å². The fraction of sp³-hybridized carbons (Fsp3) is 0.455. The van der Waals surface area contributed by atoms with Crippen LogP contribution < -0.4 is 5.73 Å². The fourth-order valence-corrected chi connectivity index (χ4v) is 1.56. The second-order valence-corrected chi connectivity index (χ2v) is 3.78. The van der Waals surface area contributed by atoms with E-state index in [-0.39, 0.29) is 6.04 Å². The van der Waals surface area contributed by atoms with Gasteiger partial charge in [-0.3, -0.25) is 0 Å². The van der Waals surface area contributed by atoms with Crippen molar-refractivity contribution in [2.45, 2.75) is 31.6 Å².